The van der Waals surface area contributed by atoms with Crippen molar-refractivity contribution in [3.63, 3.8) is 0 Å². The van der Waals surface area contributed by atoms with Gasteiger partial charge in [-0.2, -0.15) is 0 Å². The van der Waals surface area contributed by atoms with Crippen molar-refractivity contribution in [3.05, 3.63) is 34.4 Å². The van der Waals surface area contributed by atoms with E-state index in [-0.39, 0.29) is 6.09 Å². The molecule has 22 heavy (non-hydrogen) atoms. The third kappa shape index (κ3) is 2.41. The zero-order chi connectivity index (χ0) is 15.1. The highest BCUT2D eigenvalue weighted by Crippen LogP contribution is 2.51. The number of rotatable bonds is 2. The van der Waals surface area contributed by atoms with E-state index in [0.29, 0.717) is 6.61 Å². The number of carbonyl (C=O) groups is 1. The Balaban J connectivity index is 1.61. The molecule has 1 amide bonds. The highest BCUT2D eigenvalue weighted by molar-refractivity contribution is 5.68. The molecule has 0 aromatic heterocycles. The van der Waals surface area contributed by atoms with Crippen LogP contribution in [0.1, 0.15) is 54.4 Å². The van der Waals surface area contributed by atoms with Crippen LogP contribution in [-0.4, -0.2) is 30.7 Å². The molecule has 3 nitrogen and oxygen atoms in total. The van der Waals surface area contributed by atoms with Gasteiger partial charge in [-0.25, -0.2) is 4.79 Å². The van der Waals surface area contributed by atoms with Gasteiger partial charge in [-0.1, -0.05) is 12.1 Å². The molecule has 0 bridgehead atoms. The molecule has 1 saturated carbocycles. The van der Waals surface area contributed by atoms with E-state index in [1.807, 2.05) is 11.8 Å². The second-order valence-electron chi connectivity index (χ2n) is 6.94. The average molecular weight is 299 g/mol. The lowest BCUT2D eigenvalue weighted by Crippen LogP contribution is -2.33. The van der Waals surface area contributed by atoms with E-state index in [1.54, 1.807) is 16.7 Å². The van der Waals surface area contributed by atoms with Crippen LogP contribution in [0.5, 0.6) is 0 Å². The summed E-state index contributed by atoms with van der Waals surface area (Å²) in [5, 5.41) is 0. The van der Waals surface area contributed by atoms with Gasteiger partial charge in [0.05, 0.1) is 6.61 Å². The molecule has 1 unspecified atom stereocenters. The second kappa shape index (κ2) is 5.60. The summed E-state index contributed by atoms with van der Waals surface area (Å²) < 4.78 is 5.18. The van der Waals surface area contributed by atoms with E-state index in [4.69, 9.17) is 4.74 Å². The van der Waals surface area contributed by atoms with E-state index in [1.165, 1.54) is 31.2 Å². The summed E-state index contributed by atoms with van der Waals surface area (Å²) in [6.07, 6.45) is 7.26. The summed E-state index contributed by atoms with van der Waals surface area (Å²) in [7, 11) is 0. The molecule has 1 heterocycles. The van der Waals surface area contributed by atoms with Crippen LogP contribution in [0.25, 0.3) is 0 Å². The summed E-state index contributed by atoms with van der Waals surface area (Å²) in [5.74, 6) is 1.75. The lowest BCUT2D eigenvalue weighted by atomic mass is 9.87. The number of ether oxygens (including phenoxy) is 1. The molecule has 4 rings (SSSR count). The quantitative estimate of drug-likeness (QED) is 0.833. The predicted molar refractivity (Wildman–Crippen MR) is 86.2 cm³/mol. The topological polar surface area (TPSA) is 29.5 Å². The molecule has 1 aliphatic heterocycles. The van der Waals surface area contributed by atoms with Crippen LogP contribution in [0.15, 0.2) is 12.1 Å². The number of hydrogen-bond acceptors (Lipinski definition) is 2. The molecule has 1 aromatic carbocycles. The summed E-state index contributed by atoms with van der Waals surface area (Å²) >= 11 is 0. The number of amides is 1. The SMILES string of the molecule is CCOC(=O)N1CCc2ccc3c(c2CC1)C(C1CC1)CC3. The molecule has 0 spiro atoms. The van der Waals surface area contributed by atoms with Gasteiger partial charge in [0, 0.05) is 13.1 Å². The fourth-order valence-corrected chi connectivity index (χ4v) is 4.40. The lowest BCUT2D eigenvalue weighted by molar-refractivity contribution is 0.109. The number of hydrogen-bond donors (Lipinski definition) is 0. The summed E-state index contributed by atoms with van der Waals surface area (Å²) in [6, 6.07) is 4.68. The Morgan fingerprint density at radius 1 is 1.14 bits per heavy atom. The minimum atomic E-state index is -0.148. The highest BCUT2D eigenvalue weighted by Gasteiger charge is 2.38. The Bertz CT molecular complexity index is 591. The fourth-order valence-electron chi connectivity index (χ4n) is 4.40. The Morgan fingerprint density at radius 3 is 2.68 bits per heavy atom. The van der Waals surface area contributed by atoms with Crippen molar-refractivity contribution < 1.29 is 9.53 Å². The molecule has 118 valence electrons. The number of aryl methyl sites for hydroxylation is 1. The van der Waals surface area contributed by atoms with Gasteiger partial charge in [0.2, 0.25) is 0 Å². The molecular formula is C19H25NO2. The average Bonchev–Trinajstić information content (AvgIpc) is 3.31. The first-order valence-corrected chi connectivity index (χ1v) is 8.83. The predicted octanol–water partition coefficient (Wildman–Crippen LogP) is 3.68. The van der Waals surface area contributed by atoms with Gasteiger partial charge in [0.1, 0.15) is 0 Å². The van der Waals surface area contributed by atoms with Crippen LogP contribution >= 0.6 is 0 Å². The maximum Gasteiger partial charge on any atom is 0.409 e. The van der Waals surface area contributed by atoms with Gasteiger partial charge in [-0.05, 0) is 79.5 Å². The van der Waals surface area contributed by atoms with Crippen molar-refractivity contribution in [1.29, 1.82) is 0 Å². The third-order valence-corrected chi connectivity index (χ3v) is 5.64. The van der Waals surface area contributed by atoms with Gasteiger partial charge in [-0.3, -0.25) is 0 Å². The zero-order valence-corrected chi connectivity index (χ0v) is 13.4. The maximum atomic E-state index is 12.0. The molecule has 1 atom stereocenters. The van der Waals surface area contributed by atoms with E-state index in [2.05, 4.69) is 12.1 Å². The van der Waals surface area contributed by atoms with E-state index in [0.717, 1.165) is 37.8 Å². The maximum absolute atomic E-state index is 12.0. The highest BCUT2D eigenvalue weighted by atomic mass is 16.6. The normalized spacial score (nSPS) is 23.7. The third-order valence-electron chi connectivity index (χ3n) is 5.64. The molecule has 0 radical (unpaired) electrons. The minimum absolute atomic E-state index is 0.148. The Morgan fingerprint density at radius 2 is 1.91 bits per heavy atom. The number of carbonyl (C=O) groups excluding carboxylic acids is 1. The molecule has 0 N–H and O–H groups in total. The van der Waals surface area contributed by atoms with Crippen LogP contribution in [0.2, 0.25) is 0 Å². The Labute approximate surface area is 132 Å². The monoisotopic (exact) mass is 299 g/mol. The fraction of sp³-hybridized carbons (Fsp3) is 0.632. The largest absolute Gasteiger partial charge is 0.450 e. The summed E-state index contributed by atoms with van der Waals surface area (Å²) in [6.45, 7) is 3.93. The van der Waals surface area contributed by atoms with E-state index in [9.17, 15) is 4.79 Å². The number of fused-ring (bicyclic) bond motifs is 3. The van der Waals surface area contributed by atoms with Crippen molar-refractivity contribution in [2.24, 2.45) is 5.92 Å². The molecule has 0 saturated heterocycles. The number of nitrogens with zero attached hydrogens (tertiary/aromatic N) is 1. The van der Waals surface area contributed by atoms with Crippen LogP contribution in [0.3, 0.4) is 0 Å². The molecule has 1 fully saturated rings. The van der Waals surface area contributed by atoms with Crippen LogP contribution in [-0.2, 0) is 24.0 Å². The minimum Gasteiger partial charge on any atom is -0.450 e. The van der Waals surface area contributed by atoms with Crippen LogP contribution < -0.4 is 0 Å². The molecular weight excluding hydrogens is 274 g/mol. The molecule has 3 aliphatic rings. The van der Waals surface area contributed by atoms with Crippen molar-refractivity contribution >= 4 is 6.09 Å². The van der Waals surface area contributed by atoms with E-state index < -0.39 is 0 Å². The smallest absolute Gasteiger partial charge is 0.409 e. The van der Waals surface area contributed by atoms with E-state index >= 15 is 0 Å². The Hall–Kier alpha value is -1.51. The lowest BCUT2D eigenvalue weighted by Gasteiger charge is -2.19. The molecule has 2 aliphatic carbocycles. The molecule has 1 aromatic rings. The second-order valence-corrected chi connectivity index (χ2v) is 6.94. The van der Waals surface area contributed by atoms with Crippen molar-refractivity contribution in [1.82, 2.24) is 4.90 Å². The zero-order valence-electron chi connectivity index (χ0n) is 13.4. The standard InChI is InChI=1S/C19H25NO2/c1-2-22-19(21)20-11-9-14-5-6-15-7-8-16(13-3-4-13)18(15)17(14)10-12-20/h5-6,13,16H,2-4,7-12H2,1H3. The summed E-state index contributed by atoms with van der Waals surface area (Å²) in [4.78, 5) is 13.9. The van der Waals surface area contributed by atoms with Crippen molar-refractivity contribution in [3.8, 4) is 0 Å². The summed E-state index contributed by atoms with van der Waals surface area (Å²) in [5.41, 5.74) is 6.29. The van der Waals surface area contributed by atoms with Crippen LogP contribution in [0, 0.1) is 5.92 Å². The number of benzene rings is 1. The van der Waals surface area contributed by atoms with Crippen LogP contribution in [0.4, 0.5) is 4.79 Å². The first-order chi connectivity index (χ1) is 10.8. The van der Waals surface area contributed by atoms with Crippen molar-refractivity contribution in [2.75, 3.05) is 19.7 Å². The molecule has 3 heteroatoms. The first kappa shape index (κ1) is 14.1. The van der Waals surface area contributed by atoms with Gasteiger partial charge in [0.15, 0.2) is 0 Å². The van der Waals surface area contributed by atoms with Crippen molar-refractivity contribution in [2.45, 2.75) is 51.4 Å². The van der Waals surface area contributed by atoms with Gasteiger partial charge in [0.25, 0.3) is 0 Å². The van der Waals surface area contributed by atoms with Gasteiger partial charge in [-0.15, -0.1) is 0 Å². The van der Waals surface area contributed by atoms with Gasteiger partial charge < -0.3 is 9.64 Å². The first-order valence-electron chi connectivity index (χ1n) is 8.83. The van der Waals surface area contributed by atoms with Gasteiger partial charge >= 0.3 is 6.09 Å². The Kier molecular flexibility index (Phi) is 3.59.